The van der Waals surface area contributed by atoms with Gasteiger partial charge in [0.05, 0.1) is 16.8 Å². The molecule has 0 unspecified atom stereocenters. The number of hydrogen-bond acceptors (Lipinski definition) is 5. The summed E-state index contributed by atoms with van der Waals surface area (Å²) in [7, 11) is 0. The highest BCUT2D eigenvalue weighted by molar-refractivity contribution is 6.08. The Kier molecular flexibility index (Phi) is 6.92. The number of carbonyl (C=O) groups excluding carboxylic acids is 2. The zero-order valence-corrected chi connectivity index (χ0v) is 19.9. The van der Waals surface area contributed by atoms with Crippen LogP contribution in [0.1, 0.15) is 41.5 Å². The summed E-state index contributed by atoms with van der Waals surface area (Å²) in [4.78, 5) is 30.3. The molecule has 0 atom stereocenters. The second-order valence-corrected chi connectivity index (χ2v) is 9.04. The lowest BCUT2D eigenvalue weighted by atomic mass is 10.1. The van der Waals surface area contributed by atoms with Crippen molar-refractivity contribution in [1.29, 1.82) is 0 Å². The molecule has 6 nitrogen and oxygen atoms in total. The average molecular weight is 466 g/mol. The molecule has 3 aromatic carbocycles. The van der Waals surface area contributed by atoms with Gasteiger partial charge in [0.15, 0.2) is 0 Å². The van der Waals surface area contributed by atoms with Crippen molar-refractivity contribution >= 4 is 28.9 Å². The van der Waals surface area contributed by atoms with Gasteiger partial charge in [-0.15, -0.1) is 0 Å². The van der Waals surface area contributed by atoms with Crippen LogP contribution in [0, 0.1) is 0 Å². The molecule has 0 saturated heterocycles. The fourth-order valence-electron chi connectivity index (χ4n) is 3.47. The van der Waals surface area contributed by atoms with E-state index in [4.69, 9.17) is 4.74 Å². The molecule has 0 fully saturated rings. The van der Waals surface area contributed by atoms with Gasteiger partial charge in [0.2, 0.25) is 0 Å². The first kappa shape index (κ1) is 23.7. The Morgan fingerprint density at radius 3 is 2.14 bits per heavy atom. The number of anilines is 3. The second kappa shape index (κ2) is 10.2. The van der Waals surface area contributed by atoms with E-state index in [0.717, 1.165) is 22.5 Å². The van der Waals surface area contributed by atoms with Crippen LogP contribution in [0.4, 0.5) is 17.1 Å². The van der Waals surface area contributed by atoms with Gasteiger partial charge in [-0.3, -0.25) is 9.78 Å². The smallest absolute Gasteiger partial charge is 0.340 e. The topological polar surface area (TPSA) is 80.3 Å². The maximum absolute atomic E-state index is 13.2. The van der Waals surface area contributed by atoms with Crippen LogP contribution in [-0.2, 0) is 4.74 Å². The van der Waals surface area contributed by atoms with E-state index in [1.165, 1.54) is 6.20 Å². The van der Waals surface area contributed by atoms with Gasteiger partial charge in [0, 0.05) is 29.3 Å². The molecule has 0 spiro atoms. The summed E-state index contributed by atoms with van der Waals surface area (Å²) in [6, 6.07) is 26.3. The third-order valence-corrected chi connectivity index (χ3v) is 5.06. The fraction of sp³-hybridized carbons (Fsp3) is 0.138. The van der Waals surface area contributed by atoms with Gasteiger partial charge in [-0.25, -0.2) is 4.79 Å². The second-order valence-electron chi connectivity index (χ2n) is 9.04. The number of nitrogens with one attached hydrogen (secondary N) is 2. The standard InChI is InChI=1S/C29H27N3O3/c1-29(2,3)35-28(34)25-15-14-24(31-23-12-8-5-9-13-23)17-26(25)32-27(33)22-16-21(18-30-19-22)20-10-6-4-7-11-20/h4-19,31H,1-3H3,(H,32,33). The highest BCUT2D eigenvalue weighted by Gasteiger charge is 2.22. The van der Waals surface area contributed by atoms with Crippen molar-refractivity contribution in [3.8, 4) is 11.1 Å². The van der Waals surface area contributed by atoms with Gasteiger partial charge in [0.25, 0.3) is 5.91 Å². The summed E-state index contributed by atoms with van der Waals surface area (Å²) in [5, 5.41) is 6.17. The van der Waals surface area contributed by atoms with E-state index in [9.17, 15) is 9.59 Å². The number of amides is 1. The summed E-state index contributed by atoms with van der Waals surface area (Å²) in [6.07, 6.45) is 3.21. The van der Waals surface area contributed by atoms with Gasteiger partial charge in [-0.2, -0.15) is 0 Å². The van der Waals surface area contributed by atoms with Gasteiger partial charge < -0.3 is 15.4 Å². The molecule has 0 aliphatic rings. The summed E-state index contributed by atoms with van der Waals surface area (Å²) in [5.41, 5.74) is 3.69. The first-order chi connectivity index (χ1) is 16.8. The number of carbonyl (C=O) groups is 2. The molecule has 0 radical (unpaired) electrons. The lowest BCUT2D eigenvalue weighted by Gasteiger charge is -2.21. The maximum atomic E-state index is 13.2. The molecule has 1 amide bonds. The number of aromatic nitrogens is 1. The molecule has 2 N–H and O–H groups in total. The number of ether oxygens (including phenoxy) is 1. The zero-order chi connectivity index (χ0) is 24.8. The molecule has 0 saturated carbocycles. The van der Waals surface area contributed by atoms with Crippen LogP contribution in [0.2, 0.25) is 0 Å². The minimum atomic E-state index is -0.673. The van der Waals surface area contributed by atoms with Gasteiger partial charge in [0.1, 0.15) is 5.60 Å². The Morgan fingerprint density at radius 1 is 0.771 bits per heavy atom. The minimum Gasteiger partial charge on any atom is -0.456 e. The van der Waals surface area contributed by atoms with Crippen LogP contribution in [0.3, 0.4) is 0 Å². The summed E-state index contributed by atoms with van der Waals surface area (Å²) in [5.74, 6) is -0.896. The van der Waals surface area contributed by atoms with Crippen molar-refractivity contribution in [1.82, 2.24) is 4.98 Å². The molecule has 4 aromatic rings. The Balaban J connectivity index is 1.65. The first-order valence-corrected chi connectivity index (χ1v) is 11.3. The van der Waals surface area contributed by atoms with Crippen molar-refractivity contribution in [3.05, 3.63) is 108 Å². The van der Waals surface area contributed by atoms with E-state index >= 15 is 0 Å². The van der Waals surface area contributed by atoms with Crippen molar-refractivity contribution in [2.45, 2.75) is 26.4 Å². The summed E-state index contributed by atoms with van der Waals surface area (Å²) < 4.78 is 5.56. The molecule has 4 rings (SSSR count). The third kappa shape index (κ3) is 6.32. The van der Waals surface area contributed by atoms with E-state index in [0.29, 0.717) is 11.3 Å². The molecule has 1 aromatic heterocycles. The molecule has 35 heavy (non-hydrogen) atoms. The van der Waals surface area contributed by atoms with Gasteiger partial charge in [-0.05, 0) is 62.7 Å². The Labute approximate surface area is 205 Å². The predicted molar refractivity (Wildman–Crippen MR) is 139 cm³/mol. The largest absolute Gasteiger partial charge is 0.456 e. The molecule has 1 heterocycles. The van der Waals surface area contributed by atoms with Crippen LogP contribution in [0.5, 0.6) is 0 Å². The highest BCUT2D eigenvalue weighted by atomic mass is 16.6. The van der Waals surface area contributed by atoms with E-state index in [1.54, 1.807) is 51.2 Å². The molecule has 6 heteroatoms. The van der Waals surface area contributed by atoms with E-state index in [-0.39, 0.29) is 11.5 Å². The lowest BCUT2D eigenvalue weighted by Crippen LogP contribution is -2.25. The molecule has 0 aliphatic carbocycles. The van der Waals surface area contributed by atoms with Crippen molar-refractivity contribution in [3.63, 3.8) is 0 Å². The normalized spacial score (nSPS) is 10.9. The van der Waals surface area contributed by atoms with E-state index in [2.05, 4.69) is 15.6 Å². The minimum absolute atomic E-state index is 0.263. The Bertz CT molecular complexity index is 1330. The number of rotatable bonds is 6. The fourth-order valence-corrected chi connectivity index (χ4v) is 3.47. The van der Waals surface area contributed by atoms with Crippen molar-refractivity contribution in [2.75, 3.05) is 10.6 Å². The number of hydrogen-bond donors (Lipinski definition) is 2. The number of para-hydroxylation sites is 1. The molecular weight excluding hydrogens is 438 g/mol. The van der Waals surface area contributed by atoms with Crippen LogP contribution in [0.25, 0.3) is 11.1 Å². The van der Waals surface area contributed by atoms with Crippen LogP contribution in [-0.4, -0.2) is 22.5 Å². The molecule has 0 bridgehead atoms. The number of esters is 1. The quantitative estimate of drug-likeness (QED) is 0.310. The van der Waals surface area contributed by atoms with Crippen LogP contribution < -0.4 is 10.6 Å². The Hall–Kier alpha value is -4.45. The summed E-state index contributed by atoms with van der Waals surface area (Å²) >= 11 is 0. The number of pyridine rings is 1. The van der Waals surface area contributed by atoms with Gasteiger partial charge in [-0.1, -0.05) is 48.5 Å². The van der Waals surface area contributed by atoms with Crippen LogP contribution in [0.15, 0.2) is 97.3 Å². The van der Waals surface area contributed by atoms with Crippen molar-refractivity contribution < 1.29 is 14.3 Å². The SMILES string of the molecule is CC(C)(C)OC(=O)c1ccc(Nc2ccccc2)cc1NC(=O)c1cncc(-c2ccccc2)c1. The summed E-state index contributed by atoms with van der Waals surface area (Å²) in [6.45, 7) is 5.40. The maximum Gasteiger partial charge on any atom is 0.340 e. The van der Waals surface area contributed by atoms with E-state index in [1.807, 2.05) is 60.7 Å². The average Bonchev–Trinajstić information content (AvgIpc) is 2.84. The zero-order valence-electron chi connectivity index (χ0n) is 19.9. The number of nitrogens with zero attached hydrogens (tertiary/aromatic N) is 1. The predicted octanol–water partition coefficient (Wildman–Crippen LogP) is 6.70. The van der Waals surface area contributed by atoms with Crippen molar-refractivity contribution in [2.24, 2.45) is 0 Å². The molecular formula is C29H27N3O3. The Morgan fingerprint density at radius 2 is 1.46 bits per heavy atom. The van der Waals surface area contributed by atoms with E-state index < -0.39 is 11.6 Å². The lowest BCUT2D eigenvalue weighted by molar-refractivity contribution is 0.00708. The highest BCUT2D eigenvalue weighted by Crippen LogP contribution is 2.27. The first-order valence-electron chi connectivity index (χ1n) is 11.3. The molecule has 176 valence electrons. The third-order valence-electron chi connectivity index (χ3n) is 5.06. The monoisotopic (exact) mass is 465 g/mol. The molecule has 0 aliphatic heterocycles. The number of benzene rings is 3. The van der Waals surface area contributed by atoms with Crippen LogP contribution >= 0.6 is 0 Å². The van der Waals surface area contributed by atoms with Gasteiger partial charge >= 0.3 is 5.97 Å².